The van der Waals surface area contributed by atoms with Gasteiger partial charge >= 0.3 is 12.1 Å². The Balaban J connectivity index is 2.05. The van der Waals surface area contributed by atoms with Crippen LogP contribution in [0.1, 0.15) is 34.0 Å². The van der Waals surface area contributed by atoms with Gasteiger partial charge in [0.25, 0.3) is 0 Å². The maximum Gasteiger partial charge on any atom is 0.434 e. The van der Waals surface area contributed by atoms with E-state index < -0.39 is 23.8 Å². The van der Waals surface area contributed by atoms with Crippen molar-refractivity contribution in [3.05, 3.63) is 51.5 Å². The van der Waals surface area contributed by atoms with Crippen LogP contribution in [0, 0.1) is 6.92 Å². The minimum atomic E-state index is -4.51. The fraction of sp³-hybridized carbons (Fsp3) is 0.333. The molecule has 0 fully saturated rings. The Morgan fingerprint density at radius 1 is 1.32 bits per heavy atom. The highest BCUT2D eigenvalue weighted by Gasteiger charge is 2.37. The van der Waals surface area contributed by atoms with Crippen molar-refractivity contribution in [2.75, 3.05) is 0 Å². The van der Waals surface area contributed by atoms with Gasteiger partial charge in [-0.05, 0) is 19.4 Å². The largest absolute Gasteiger partial charge is 0.460 e. The third kappa shape index (κ3) is 3.85. The van der Waals surface area contributed by atoms with Crippen LogP contribution in [0.3, 0.4) is 0 Å². The summed E-state index contributed by atoms with van der Waals surface area (Å²) in [6, 6.07) is 9.06. The van der Waals surface area contributed by atoms with Crippen molar-refractivity contribution in [3.63, 3.8) is 0 Å². The van der Waals surface area contributed by atoms with E-state index in [1.165, 1.54) is 13.8 Å². The molecular weight excluding hydrogens is 315 g/mol. The number of thiazole rings is 1. The SMILES string of the molecule is Cc1sc(C(C)C(=O)OCc2ccccc2)nc1C(F)(F)F. The molecule has 1 aromatic heterocycles. The van der Waals surface area contributed by atoms with E-state index in [-0.39, 0.29) is 16.5 Å². The molecule has 7 heteroatoms. The van der Waals surface area contributed by atoms with E-state index >= 15 is 0 Å². The molecule has 0 aliphatic carbocycles. The first-order chi connectivity index (χ1) is 10.3. The molecule has 0 saturated heterocycles. The zero-order valence-corrected chi connectivity index (χ0v) is 12.8. The molecule has 3 nitrogen and oxygen atoms in total. The van der Waals surface area contributed by atoms with Crippen molar-refractivity contribution in [3.8, 4) is 0 Å². The molecule has 118 valence electrons. The van der Waals surface area contributed by atoms with Crippen LogP contribution >= 0.6 is 11.3 Å². The number of rotatable bonds is 4. The van der Waals surface area contributed by atoms with Crippen molar-refractivity contribution in [2.24, 2.45) is 0 Å². The van der Waals surface area contributed by atoms with Crippen LogP contribution < -0.4 is 0 Å². The highest BCUT2D eigenvalue weighted by Crippen LogP contribution is 2.36. The number of carbonyl (C=O) groups excluding carboxylic acids is 1. The maximum absolute atomic E-state index is 12.7. The second-order valence-electron chi connectivity index (χ2n) is 4.77. The van der Waals surface area contributed by atoms with Gasteiger partial charge in [0.1, 0.15) is 17.5 Å². The summed E-state index contributed by atoms with van der Waals surface area (Å²) in [6.45, 7) is 2.91. The number of halogens is 3. The predicted molar refractivity (Wildman–Crippen MR) is 76.5 cm³/mol. The van der Waals surface area contributed by atoms with Gasteiger partial charge < -0.3 is 4.74 Å². The van der Waals surface area contributed by atoms with Gasteiger partial charge in [-0.3, -0.25) is 4.79 Å². The molecule has 1 atom stereocenters. The van der Waals surface area contributed by atoms with E-state index in [1.54, 1.807) is 12.1 Å². The van der Waals surface area contributed by atoms with Gasteiger partial charge in [-0.25, -0.2) is 4.98 Å². The molecular formula is C15H14F3NO2S. The molecule has 22 heavy (non-hydrogen) atoms. The molecule has 0 aliphatic heterocycles. The first kappa shape index (κ1) is 16.5. The average molecular weight is 329 g/mol. The summed E-state index contributed by atoms with van der Waals surface area (Å²) in [7, 11) is 0. The van der Waals surface area contributed by atoms with Crippen LogP contribution in [0.2, 0.25) is 0 Å². The third-order valence-corrected chi connectivity index (χ3v) is 4.18. The number of aryl methyl sites for hydroxylation is 1. The van der Waals surface area contributed by atoms with E-state index in [0.717, 1.165) is 16.9 Å². The lowest BCUT2D eigenvalue weighted by molar-refractivity contribution is -0.147. The second kappa shape index (κ2) is 6.48. The van der Waals surface area contributed by atoms with Crippen LogP contribution in [0.25, 0.3) is 0 Å². The Morgan fingerprint density at radius 3 is 2.50 bits per heavy atom. The van der Waals surface area contributed by atoms with E-state index in [4.69, 9.17) is 4.74 Å². The molecule has 2 aromatic rings. The molecule has 2 rings (SSSR count). The van der Waals surface area contributed by atoms with E-state index in [2.05, 4.69) is 4.98 Å². The molecule has 1 heterocycles. The standard InChI is InChI=1S/C15H14F3NO2S/c1-9(13-19-12(10(2)22-13)15(16,17)18)14(20)21-8-11-6-4-3-5-7-11/h3-7,9H,8H2,1-2H3. The molecule has 0 aliphatic rings. The van der Waals surface area contributed by atoms with Crippen molar-refractivity contribution < 1.29 is 22.7 Å². The summed E-state index contributed by atoms with van der Waals surface area (Å²) in [4.78, 5) is 15.5. The number of nitrogens with zero attached hydrogens (tertiary/aromatic N) is 1. The molecule has 0 amide bonds. The number of hydrogen-bond donors (Lipinski definition) is 0. The molecule has 1 unspecified atom stereocenters. The zero-order valence-electron chi connectivity index (χ0n) is 12.0. The summed E-state index contributed by atoms with van der Waals surface area (Å²) in [5.74, 6) is -1.42. The quantitative estimate of drug-likeness (QED) is 0.784. The number of carbonyl (C=O) groups is 1. The lowest BCUT2D eigenvalue weighted by Crippen LogP contribution is -2.14. The molecule has 0 spiro atoms. The van der Waals surface area contributed by atoms with Crippen LogP contribution in [0.5, 0.6) is 0 Å². The lowest BCUT2D eigenvalue weighted by Gasteiger charge is -2.09. The van der Waals surface area contributed by atoms with Gasteiger partial charge in [0.2, 0.25) is 0 Å². The Labute approximate surface area is 129 Å². The van der Waals surface area contributed by atoms with Crippen LogP contribution in [0.15, 0.2) is 30.3 Å². The monoisotopic (exact) mass is 329 g/mol. The number of benzene rings is 1. The minimum absolute atomic E-state index is 0.0465. The topological polar surface area (TPSA) is 39.2 Å². The Morgan fingerprint density at radius 2 is 1.95 bits per heavy atom. The number of hydrogen-bond acceptors (Lipinski definition) is 4. The summed E-state index contributed by atoms with van der Waals surface area (Å²) in [6.07, 6.45) is -4.51. The molecule has 0 saturated carbocycles. The van der Waals surface area contributed by atoms with E-state index in [1.807, 2.05) is 18.2 Å². The Kier molecular flexibility index (Phi) is 4.85. The van der Waals surface area contributed by atoms with Crippen molar-refractivity contribution >= 4 is 17.3 Å². The first-order valence-electron chi connectivity index (χ1n) is 6.54. The summed E-state index contributed by atoms with van der Waals surface area (Å²) in [5, 5.41) is 0.114. The fourth-order valence-electron chi connectivity index (χ4n) is 1.82. The highest BCUT2D eigenvalue weighted by atomic mass is 32.1. The maximum atomic E-state index is 12.7. The van der Waals surface area contributed by atoms with Gasteiger partial charge in [-0.15, -0.1) is 11.3 Å². The summed E-state index contributed by atoms with van der Waals surface area (Å²) in [5.41, 5.74) is -0.121. The molecule has 0 radical (unpaired) electrons. The minimum Gasteiger partial charge on any atom is -0.460 e. The van der Waals surface area contributed by atoms with Crippen LogP contribution in [-0.4, -0.2) is 11.0 Å². The van der Waals surface area contributed by atoms with E-state index in [0.29, 0.717) is 0 Å². The molecule has 0 N–H and O–H groups in total. The lowest BCUT2D eigenvalue weighted by atomic mass is 10.2. The fourth-order valence-corrected chi connectivity index (χ4v) is 2.80. The summed E-state index contributed by atoms with van der Waals surface area (Å²) < 4.78 is 43.3. The Bertz CT molecular complexity index is 653. The molecule has 0 bridgehead atoms. The van der Waals surface area contributed by atoms with Gasteiger partial charge in [-0.1, -0.05) is 30.3 Å². The second-order valence-corrected chi connectivity index (χ2v) is 6.00. The van der Waals surface area contributed by atoms with Crippen LogP contribution in [0.4, 0.5) is 13.2 Å². The van der Waals surface area contributed by atoms with Crippen molar-refractivity contribution in [1.82, 2.24) is 4.98 Å². The number of esters is 1. The predicted octanol–water partition coefficient (Wildman–Crippen LogP) is 4.32. The highest BCUT2D eigenvalue weighted by molar-refractivity contribution is 7.11. The van der Waals surface area contributed by atoms with Crippen molar-refractivity contribution in [1.29, 1.82) is 0 Å². The number of ether oxygens (including phenoxy) is 1. The zero-order chi connectivity index (χ0) is 16.3. The normalized spacial score (nSPS) is 13.0. The van der Waals surface area contributed by atoms with Gasteiger partial charge in [0.05, 0.1) is 0 Å². The van der Waals surface area contributed by atoms with Gasteiger partial charge in [0, 0.05) is 4.88 Å². The van der Waals surface area contributed by atoms with Gasteiger partial charge in [0.15, 0.2) is 5.69 Å². The van der Waals surface area contributed by atoms with E-state index in [9.17, 15) is 18.0 Å². The van der Waals surface area contributed by atoms with Crippen molar-refractivity contribution in [2.45, 2.75) is 32.5 Å². The average Bonchev–Trinajstić information content (AvgIpc) is 2.87. The first-order valence-corrected chi connectivity index (χ1v) is 7.35. The van der Waals surface area contributed by atoms with Gasteiger partial charge in [-0.2, -0.15) is 13.2 Å². The summed E-state index contributed by atoms with van der Waals surface area (Å²) >= 11 is 0.867. The smallest absolute Gasteiger partial charge is 0.434 e. The number of aromatic nitrogens is 1. The van der Waals surface area contributed by atoms with Crippen LogP contribution in [-0.2, 0) is 22.3 Å². The number of alkyl halides is 3. The third-order valence-electron chi connectivity index (χ3n) is 3.03. The Hall–Kier alpha value is -1.89. The molecule has 1 aromatic carbocycles.